The van der Waals surface area contributed by atoms with Gasteiger partial charge in [-0.1, -0.05) is 30.3 Å². The van der Waals surface area contributed by atoms with E-state index in [-0.39, 0.29) is 6.10 Å². The Bertz CT molecular complexity index is 789. The molecule has 4 nitrogen and oxygen atoms in total. The van der Waals surface area contributed by atoms with Crippen LogP contribution in [0.25, 0.3) is 11.3 Å². The molecule has 0 radical (unpaired) electrons. The van der Waals surface area contributed by atoms with Crippen molar-refractivity contribution < 1.29 is 4.74 Å². The molecule has 0 saturated carbocycles. The molecule has 25 heavy (non-hydrogen) atoms. The summed E-state index contributed by atoms with van der Waals surface area (Å²) in [6.07, 6.45) is 6.70. The first-order valence-electron chi connectivity index (χ1n) is 9.23. The number of nitriles is 1. The third-order valence-corrected chi connectivity index (χ3v) is 5.20. The predicted molar refractivity (Wildman–Crippen MR) is 98.5 cm³/mol. The van der Waals surface area contributed by atoms with E-state index in [1.54, 1.807) is 0 Å². The van der Waals surface area contributed by atoms with E-state index in [2.05, 4.69) is 23.5 Å². The molecule has 2 heterocycles. The van der Waals surface area contributed by atoms with E-state index in [9.17, 15) is 5.26 Å². The molecule has 1 aliphatic heterocycles. The molecule has 1 N–H and O–H groups in total. The molecule has 0 spiro atoms. The van der Waals surface area contributed by atoms with Crippen molar-refractivity contribution >= 4 is 5.82 Å². The van der Waals surface area contributed by atoms with E-state index in [4.69, 9.17) is 9.72 Å². The van der Waals surface area contributed by atoms with Crippen LogP contribution in [0.2, 0.25) is 0 Å². The van der Waals surface area contributed by atoms with Crippen LogP contribution in [-0.4, -0.2) is 24.2 Å². The zero-order valence-corrected chi connectivity index (χ0v) is 14.4. The van der Waals surface area contributed by atoms with Gasteiger partial charge in [0.2, 0.25) is 0 Å². The monoisotopic (exact) mass is 333 g/mol. The largest absolute Gasteiger partial charge is 0.376 e. The summed E-state index contributed by atoms with van der Waals surface area (Å²) in [5.74, 6) is 0.720. The zero-order valence-electron chi connectivity index (χ0n) is 14.4. The molecule has 2 aromatic rings. The smallest absolute Gasteiger partial charge is 0.145 e. The van der Waals surface area contributed by atoms with Crippen molar-refractivity contribution in [2.45, 2.75) is 44.6 Å². The maximum absolute atomic E-state index is 9.77. The Hall–Kier alpha value is -2.38. The molecular formula is C21H23N3O. The van der Waals surface area contributed by atoms with Crippen molar-refractivity contribution in [2.24, 2.45) is 0 Å². The fourth-order valence-electron chi connectivity index (χ4n) is 3.92. The van der Waals surface area contributed by atoms with Crippen LogP contribution in [0.15, 0.2) is 30.3 Å². The highest BCUT2D eigenvalue weighted by Gasteiger charge is 2.23. The number of aromatic nitrogens is 1. The molecule has 1 aromatic carbocycles. The van der Waals surface area contributed by atoms with Crippen LogP contribution in [0, 0.1) is 11.3 Å². The van der Waals surface area contributed by atoms with Gasteiger partial charge in [0.05, 0.1) is 17.4 Å². The average Bonchev–Trinajstić information content (AvgIpc) is 3.19. The molecule has 1 aliphatic carbocycles. The minimum absolute atomic E-state index is 0.226. The topological polar surface area (TPSA) is 57.9 Å². The fraction of sp³-hybridized carbons (Fsp3) is 0.429. The maximum Gasteiger partial charge on any atom is 0.145 e. The minimum atomic E-state index is 0.226. The Morgan fingerprint density at radius 3 is 2.64 bits per heavy atom. The van der Waals surface area contributed by atoms with Gasteiger partial charge in [-0.25, -0.2) is 4.98 Å². The lowest BCUT2D eigenvalue weighted by molar-refractivity contribution is 0.120. The summed E-state index contributed by atoms with van der Waals surface area (Å²) in [6, 6.07) is 12.7. The Morgan fingerprint density at radius 2 is 1.92 bits per heavy atom. The third kappa shape index (κ3) is 3.25. The quantitative estimate of drug-likeness (QED) is 0.915. The Balaban J connectivity index is 1.75. The molecule has 4 rings (SSSR count). The SMILES string of the molecule is N#Cc1c(NC[C@H]2CCCO2)nc(-c2ccccc2)c2c1CCCC2. The molecule has 1 fully saturated rings. The first-order valence-corrected chi connectivity index (χ1v) is 9.23. The number of benzene rings is 1. The number of pyridine rings is 1. The number of nitrogens with one attached hydrogen (secondary N) is 1. The Labute approximate surface area is 148 Å². The van der Waals surface area contributed by atoms with Crippen LogP contribution in [0.5, 0.6) is 0 Å². The molecule has 128 valence electrons. The molecule has 0 bridgehead atoms. The lowest BCUT2D eigenvalue weighted by Gasteiger charge is -2.23. The van der Waals surface area contributed by atoms with Crippen molar-refractivity contribution in [1.82, 2.24) is 4.98 Å². The summed E-state index contributed by atoms with van der Waals surface area (Å²) < 4.78 is 5.70. The average molecular weight is 333 g/mol. The van der Waals surface area contributed by atoms with Crippen LogP contribution in [0.1, 0.15) is 42.4 Å². The van der Waals surface area contributed by atoms with Gasteiger partial charge in [-0.15, -0.1) is 0 Å². The Kier molecular flexibility index (Phi) is 4.67. The molecule has 2 aliphatic rings. The standard InChI is InChI=1S/C21H23N3O/c22-13-19-17-10-4-5-11-18(17)20(15-7-2-1-3-8-15)24-21(19)23-14-16-9-6-12-25-16/h1-3,7-8,16H,4-6,9-12,14H2,(H,23,24)/t16-/m1/s1. The second kappa shape index (κ2) is 7.25. The summed E-state index contributed by atoms with van der Waals surface area (Å²) in [5.41, 5.74) is 5.34. The minimum Gasteiger partial charge on any atom is -0.376 e. The number of hydrogen-bond donors (Lipinski definition) is 1. The van der Waals surface area contributed by atoms with Crippen molar-refractivity contribution in [3.63, 3.8) is 0 Å². The van der Waals surface area contributed by atoms with Gasteiger partial charge >= 0.3 is 0 Å². The fourth-order valence-corrected chi connectivity index (χ4v) is 3.92. The van der Waals surface area contributed by atoms with Crippen LogP contribution in [0.4, 0.5) is 5.82 Å². The second-order valence-corrected chi connectivity index (χ2v) is 6.84. The number of rotatable bonds is 4. The van der Waals surface area contributed by atoms with E-state index in [1.807, 2.05) is 18.2 Å². The summed E-state index contributed by atoms with van der Waals surface area (Å²) in [6.45, 7) is 1.55. The van der Waals surface area contributed by atoms with Gasteiger partial charge < -0.3 is 10.1 Å². The highest BCUT2D eigenvalue weighted by molar-refractivity contribution is 5.72. The number of anilines is 1. The first-order chi connectivity index (χ1) is 12.4. The molecule has 1 atom stereocenters. The highest BCUT2D eigenvalue weighted by atomic mass is 16.5. The third-order valence-electron chi connectivity index (χ3n) is 5.20. The molecule has 4 heteroatoms. The van der Waals surface area contributed by atoms with E-state index >= 15 is 0 Å². The van der Waals surface area contributed by atoms with Crippen LogP contribution >= 0.6 is 0 Å². The van der Waals surface area contributed by atoms with Gasteiger partial charge in [0.25, 0.3) is 0 Å². The van der Waals surface area contributed by atoms with Crippen molar-refractivity contribution in [1.29, 1.82) is 5.26 Å². The van der Waals surface area contributed by atoms with Crippen molar-refractivity contribution in [2.75, 3.05) is 18.5 Å². The van der Waals surface area contributed by atoms with Gasteiger partial charge in [0, 0.05) is 18.7 Å². The highest BCUT2D eigenvalue weighted by Crippen LogP contribution is 2.35. The molecule has 0 unspecified atom stereocenters. The van der Waals surface area contributed by atoms with E-state index in [0.29, 0.717) is 6.54 Å². The summed E-state index contributed by atoms with van der Waals surface area (Å²) in [5, 5.41) is 13.2. The lowest BCUT2D eigenvalue weighted by atomic mass is 9.86. The van der Waals surface area contributed by atoms with Gasteiger partial charge in [0.1, 0.15) is 11.9 Å². The summed E-state index contributed by atoms with van der Waals surface area (Å²) >= 11 is 0. The molecule has 1 saturated heterocycles. The van der Waals surface area contributed by atoms with Gasteiger partial charge in [-0.3, -0.25) is 0 Å². The Morgan fingerprint density at radius 1 is 1.12 bits per heavy atom. The van der Waals surface area contributed by atoms with Gasteiger partial charge in [-0.2, -0.15) is 5.26 Å². The summed E-state index contributed by atoms with van der Waals surface area (Å²) in [4.78, 5) is 4.90. The van der Waals surface area contributed by atoms with Crippen LogP contribution < -0.4 is 5.32 Å². The van der Waals surface area contributed by atoms with Crippen LogP contribution in [0.3, 0.4) is 0 Å². The number of fused-ring (bicyclic) bond motifs is 1. The van der Waals surface area contributed by atoms with Gasteiger partial charge in [-0.05, 0) is 49.7 Å². The second-order valence-electron chi connectivity index (χ2n) is 6.84. The molecular weight excluding hydrogens is 310 g/mol. The van der Waals surface area contributed by atoms with Crippen molar-refractivity contribution in [3.05, 3.63) is 47.0 Å². The van der Waals surface area contributed by atoms with E-state index in [1.165, 1.54) is 17.5 Å². The first kappa shape index (κ1) is 16.1. The van der Waals surface area contributed by atoms with E-state index < -0.39 is 0 Å². The number of hydrogen-bond acceptors (Lipinski definition) is 4. The number of nitrogens with zero attached hydrogens (tertiary/aromatic N) is 2. The zero-order chi connectivity index (χ0) is 17.1. The summed E-state index contributed by atoms with van der Waals surface area (Å²) in [7, 11) is 0. The normalized spacial score (nSPS) is 19.2. The molecule has 0 amide bonds. The predicted octanol–water partition coefficient (Wildman–Crippen LogP) is 4.09. The lowest BCUT2D eigenvalue weighted by Crippen LogP contribution is -2.21. The number of ether oxygens (including phenoxy) is 1. The molecule has 1 aromatic heterocycles. The maximum atomic E-state index is 9.77. The van der Waals surface area contributed by atoms with E-state index in [0.717, 1.165) is 61.3 Å². The van der Waals surface area contributed by atoms with Crippen LogP contribution in [-0.2, 0) is 17.6 Å². The van der Waals surface area contributed by atoms with Crippen molar-refractivity contribution in [3.8, 4) is 17.3 Å². The van der Waals surface area contributed by atoms with Gasteiger partial charge in [0.15, 0.2) is 0 Å².